The van der Waals surface area contributed by atoms with Gasteiger partial charge in [0.1, 0.15) is 5.82 Å². The van der Waals surface area contributed by atoms with Crippen LogP contribution in [0.1, 0.15) is 36.7 Å². The molecule has 1 aliphatic heterocycles. The molecule has 32 heavy (non-hydrogen) atoms. The highest BCUT2D eigenvalue weighted by Gasteiger charge is 2.21. The Balaban J connectivity index is 1.47. The van der Waals surface area contributed by atoms with E-state index in [4.69, 9.17) is 10.1 Å². The molecule has 1 saturated heterocycles. The highest BCUT2D eigenvalue weighted by Crippen LogP contribution is 2.22. The molecular formula is C24H33N5O2S. The fraction of sp³-hybridized carbons (Fsp3) is 0.458. The first-order valence-electron chi connectivity index (χ1n) is 11.4. The van der Waals surface area contributed by atoms with E-state index in [0.29, 0.717) is 5.52 Å². The van der Waals surface area contributed by atoms with E-state index in [0.717, 1.165) is 70.0 Å². The van der Waals surface area contributed by atoms with Crippen LogP contribution in [0.2, 0.25) is 0 Å². The maximum atomic E-state index is 11.8. The Hall–Kier alpha value is -2.26. The van der Waals surface area contributed by atoms with Crippen LogP contribution < -0.4 is 5.14 Å². The number of imidazole rings is 1. The predicted molar refractivity (Wildman–Crippen MR) is 128 cm³/mol. The predicted octanol–water partition coefficient (Wildman–Crippen LogP) is 3.11. The lowest BCUT2D eigenvalue weighted by molar-refractivity contribution is 0.119. The van der Waals surface area contributed by atoms with Gasteiger partial charge in [-0.2, -0.15) is 0 Å². The number of primary sulfonamides is 1. The summed E-state index contributed by atoms with van der Waals surface area (Å²) in [5.41, 5.74) is 4.34. The Kier molecular flexibility index (Phi) is 6.95. The summed E-state index contributed by atoms with van der Waals surface area (Å²) in [6, 6.07) is 13.7. The summed E-state index contributed by atoms with van der Waals surface area (Å²) < 4.78 is 25.8. The van der Waals surface area contributed by atoms with Crippen molar-refractivity contribution in [1.82, 2.24) is 19.4 Å². The third-order valence-corrected chi connectivity index (χ3v) is 7.09. The van der Waals surface area contributed by atoms with Crippen molar-refractivity contribution in [3.8, 4) is 0 Å². The number of nitrogens with two attached hydrogens (primary N) is 1. The average Bonchev–Trinajstić information content (AvgIpc) is 3.09. The number of rotatable bonds is 8. The van der Waals surface area contributed by atoms with Gasteiger partial charge in [-0.15, -0.1) is 0 Å². The topological polar surface area (TPSA) is 84.5 Å². The van der Waals surface area contributed by atoms with Crippen molar-refractivity contribution < 1.29 is 8.42 Å². The quantitative estimate of drug-likeness (QED) is 0.564. The molecule has 2 heterocycles. The normalized spacial score (nSPS) is 16.1. The molecule has 0 radical (unpaired) electrons. The van der Waals surface area contributed by atoms with Gasteiger partial charge in [0.05, 0.1) is 22.5 Å². The van der Waals surface area contributed by atoms with Crippen LogP contribution in [0.5, 0.6) is 0 Å². The molecule has 0 saturated carbocycles. The molecule has 0 atom stereocenters. The number of hydrogen-bond acceptors (Lipinski definition) is 5. The number of fused-ring (bicyclic) bond motifs is 1. The first-order chi connectivity index (χ1) is 15.3. The van der Waals surface area contributed by atoms with Crippen molar-refractivity contribution in [3.05, 3.63) is 59.4 Å². The third kappa shape index (κ3) is 5.38. The molecule has 0 aliphatic carbocycles. The number of nitrogens with zero attached hydrogens (tertiary/aromatic N) is 4. The molecule has 4 rings (SSSR count). The zero-order valence-corrected chi connectivity index (χ0v) is 19.8. The van der Waals surface area contributed by atoms with Gasteiger partial charge in [-0.3, -0.25) is 9.80 Å². The van der Waals surface area contributed by atoms with Crippen molar-refractivity contribution in [3.63, 3.8) is 0 Å². The van der Waals surface area contributed by atoms with E-state index < -0.39 is 10.0 Å². The lowest BCUT2D eigenvalue weighted by atomic mass is 10.1. The smallest absolute Gasteiger partial charge is 0.238 e. The van der Waals surface area contributed by atoms with E-state index in [1.807, 2.05) is 6.07 Å². The van der Waals surface area contributed by atoms with Crippen LogP contribution in [0.15, 0.2) is 47.4 Å². The molecule has 0 unspecified atom stereocenters. The van der Waals surface area contributed by atoms with Crippen molar-refractivity contribution in [1.29, 1.82) is 0 Å². The molecule has 1 aliphatic rings. The van der Waals surface area contributed by atoms with Crippen molar-refractivity contribution >= 4 is 21.1 Å². The SMILES string of the molecule is CCCCn1c(CN2CCN(Cc3cccc(C)c3)CC2)nc2cc(S(N)(=O)=O)ccc21. The summed E-state index contributed by atoms with van der Waals surface area (Å²) >= 11 is 0. The largest absolute Gasteiger partial charge is 0.327 e. The van der Waals surface area contributed by atoms with Gasteiger partial charge >= 0.3 is 0 Å². The van der Waals surface area contributed by atoms with Gasteiger partial charge in [0, 0.05) is 39.3 Å². The minimum atomic E-state index is -3.74. The minimum Gasteiger partial charge on any atom is -0.327 e. The van der Waals surface area contributed by atoms with Crippen LogP contribution in [0.3, 0.4) is 0 Å². The summed E-state index contributed by atoms with van der Waals surface area (Å²) in [7, 11) is -3.74. The number of sulfonamides is 1. The highest BCUT2D eigenvalue weighted by molar-refractivity contribution is 7.89. The number of aryl methyl sites for hydroxylation is 2. The maximum Gasteiger partial charge on any atom is 0.238 e. The van der Waals surface area contributed by atoms with Gasteiger partial charge in [0.2, 0.25) is 10.0 Å². The standard InChI is InChI=1S/C24H33N5O2S/c1-3-4-10-29-23-9-8-21(32(25,30)31)16-22(23)26-24(29)18-28-13-11-27(12-14-28)17-20-7-5-6-19(2)15-20/h5-9,15-16H,3-4,10-14,17-18H2,1-2H3,(H2,25,30,31). The van der Waals surface area contributed by atoms with E-state index >= 15 is 0 Å². The molecule has 0 bridgehead atoms. The second-order valence-electron chi connectivity index (χ2n) is 8.77. The lowest BCUT2D eigenvalue weighted by Gasteiger charge is -2.34. The third-order valence-electron chi connectivity index (χ3n) is 6.18. The second-order valence-corrected chi connectivity index (χ2v) is 10.3. The molecule has 0 amide bonds. The molecule has 2 aromatic carbocycles. The van der Waals surface area contributed by atoms with Crippen molar-refractivity contribution in [2.45, 2.75) is 51.2 Å². The number of unbranched alkanes of at least 4 members (excludes halogenated alkanes) is 1. The Morgan fingerprint density at radius 3 is 2.38 bits per heavy atom. The zero-order chi connectivity index (χ0) is 22.7. The summed E-state index contributed by atoms with van der Waals surface area (Å²) in [5.74, 6) is 0.993. The first kappa shape index (κ1) is 22.9. The number of piperazine rings is 1. The molecule has 7 nitrogen and oxygen atoms in total. The first-order valence-corrected chi connectivity index (χ1v) is 12.9. The van der Waals surface area contributed by atoms with Gasteiger partial charge in [-0.1, -0.05) is 43.2 Å². The second kappa shape index (κ2) is 9.70. The molecule has 1 aromatic heterocycles. The van der Waals surface area contributed by atoms with E-state index in [2.05, 4.69) is 52.5 Å². The molecule has 2 N–H and O–H groups in total. The summed E-state index contributed by atoms with van der Waals surface area (Å²) in [4.78, 5) is 9.88. The Bertz CT molecular complexity index is 1180. The highest BCUT2D eigenvalue weighted by atomic mass is 32.2. The molecule has 1 fully saturated rings. The van der Waals surface area contributed by atoms with E-state index in [9.17, 15) is 8.42 Å². The lowest BCUT2D eigenvalue weighted by Crippen LogP contribution is -2.45. The monoisotopic (exact) mass is 455 g/mol. The Morgan fingerprint density at radius 2 is 1.72 bits per heavy atom. The fourth-order valence-corrected chi connectivity index (χ4v) is 4.93. The Labute approximate surface area is 190 Å². The maximum absolute atomic E-state index is 11.8. The molecular weight excluding hydrogens is 422 g/mol. The van der Waals surface area contributed by atoms with Crippen LogP contribution in [-0.2, 0) is 29.7 Å². The Morgan fingerprint density at radius 1 is 1.00 bits per heavy atom. The van der Waals surface area contributed by atoms with Crippen LogP contribution in [-0.4, -0.2) is 53.9 Å². The molecule has 0 spiro atoms. The van der Waals surface area contributed by atoms with Crippen LogP contribution >= 0.6 is 0 Å². The van der Waals surface area contributed by atoms with Crippen molar-refractivity contribution in [2.24, 2.45) is 5.14 Å². The zero-order valence-electron chi connectivity index (χ0n) is 19.0. The number of aromatic nitrogens is 2. The average molecular weight is 456 g/mol. The summed E-state index contributed by atoms with van der Waals surface area (Å²) in [6.07, 6.45) is 2.14. The van der Waals surface area contributed by atoms with E-state index in [1.165, 1.54) is 11.1 Å². The van der Waals surface area contributed by atoms with Gasteiger partial charge < -0.3 is 4.57 Å². The molecule has 3 aromatic rings. The van der Waals surface area contributed by atoms with E-state index in [-0.39, 0.29) is 4.90 Å². The van der Waals surface area contributed by atoms with Gasteiger partial charge in [-0.05, 0) is 37.1 Å². The minimum absolute atomic E-state index is 0.112. The van der Waals surface area contributed by atoms with Crippen LogP contribution in [0.25, 0.3) is 11.0 Å². The number of hydrogen-bond donors (Lipinski definition) is 1. The molecule has 172 valence electrons. The van der Waals surface area contributed by atoms with E-state index in [1.54, 1.807) is 12.1 Å². The summed E-state index contributed by atoms with van der Waals surface area (Å²) in [6.45, 7) is 11.0. The van der Waals surface area contributed by atoms with Crippen LogP contribution in [0.4, 0.5) is 0 Å². The summed E-state index contributed by atoms with van der Waals surface area (Å²) in [5, 5.41) is 5.32. The fourth-order valence-electron chi connectivity index (χ4n) is 4.40. The van der Waals surface area contributed by atoms with Gasteiger partial charge in [0.25, 0.3) is 0 Å². The van der Waals surface area contributed by atoms with Gasteiger partial charge in [-0.25, -0.2) is 18.5 Å². The van der Waals surface area contributed by atoms with Gasteiger partial charge in [0.15, 0.2) is 0 Å². The van der Waals surface area contributed by atoms with Crippen molar-refractivity contribution in [2.75, 3.05) is 26.2 Å². The van der Waals surface area contributed by atoms with Crippen LogP contribution in [0, 0.1) is 6.92 Å². The molecule has 8 heteroatoms. The number of benzene rings is 2.